The summed E-state index contributed by atoms with van der Waals surface area (Å²) in [6.45, 7) is 2.53. The number of aromatic nitrogens is 2. The minimum atomic E-state index is -0.428. The molecule has 7 nitrogen and oxygen atoms in total. The number of allylic oxidation sites excluding steroid dienone is 1. The SMILES string of the molecule is Cc1nn(CC(=O)NCCC2=CCCCC2)c2ccc([N+](=O)[O-])cc12. The summed E-state index contributed by atoms with van der Waals surface area (Å²) >= 11 is 0. The molecule has 0 saturated carbocycles. The number of carbonyl (C=O) groups excluding carboxylic acids is 1. The van der Waals surface area contributed by atoms with Crippen LogP contribution >= 0.6 is 0 Å². The molecule has 132 valence electrons. The summed E-state index contributed by atoms with van der Waals surface area (Å²) in [6.07, 6.45) is 7.97. The van der Waals surface area contributed by atoms with Crippen molar-refractivity contribution in [3.8, 4) is 0 Å². The number of hydrogen-bond donors (Lipinski definition) is 1. The number of non-ortho nitro benzene ring substituents is 1. The van der Waals surface area contributed by atoms with Crippen LogP contribution in [0.5, 0.6) is 0 Å². The number of aryl methyl sites for hydroxylation is 1. The Labute approximate surface area is 145 Å². The lowest BCUT2D eigenvalue weighted by molar-refractivity contribution is -0.384. The molecule has 0 bridgehead atoms. The smallest absolute Gasteiger partial charge is 0.270 e. The zero-order chi connectivity index (χ0) is 17.8. The Kier molecular flexibility index (Phi) is 5.11. The predicted octanol–water partition coefficient (Wildman–Crippen LogP) is 3.26. The van der Waals surface area contributed by atoms with Gasteiger partial charge in [0.15, 0.2) is 0 Å². The fraction of sp³-hybridized carbons (Fsp3) is 0.444. The largest absolute Gasteiger partial charge is 0.354 e. The molecular formula is C18H22N4O3. The molecule has 0 spiro atoms. The lowest BCUT2D eigenvalue weighted by Gasteiger charge is -2.13. The molecule has 1 N–H and O–H groups in total. The third-order valence-corrected chi connectivity index (χ3v) is 4.58. The molecule has 0 saturated heterocycles. The molecule has 7 heteroatoms. The average Bonchev–Trinajstić information content (AvgIpc) is 2.91. The van der Waals surface area contributed by atoms with Gasteiger partial charge >= 0.3 is 0 Å². The molecule has 25 heavy (non-hydrogen) atoms. The van der Waals surface area contributed by atoms with Crippen LogP contribution in [0.1, 0.15) is 37.8 Å². The van der Waals surface area contributed by atoms with E-state index in [-0.39, 0.29) is 18.1 Å². The monoisotopic (exact) mass is 342 g/mol. The topological polar surface area (TPSA) is 90.1 Å². The van der Waals surface area contributed by atoms with E-state index in [4.69, 9.17) is 0 Å². The van der Waals surface area contributed by atoms with E-state index in [0.717, 1.165) is 24.8 Å². The molecule has 0 atom stereocenters. The molecule has 1 aromatic heterocycles. The van der Waals surface area contributed by atoms with Crippen LogP contribution in [0.15, 0.2) is 29.8 Å². The lowest BCUT2D eigenvalue weighted by atomic mass is 9.97. The number of nitro groups is 1. The zero-order valence-corrected chi connectivity index (χ0v) is 14.3. The van der Waals surface area contributed by atoms with Gasteiger partial charge in [0.2, 0.25) is 5.91 Å². The summed E-state index contributed by atoms with van der Waals surface area (Å²) in [7, 11) is 0. The Balaban J connectivity index is 1.63. The van der Waals surface area contributed by atoms with Crippen LogP contribution in [-0.4, -0.2) is 27.2 Å². The second kappa shape index (κ2) is 7.46. The van der Waals surface area contributed by atoms with Gasteiger partial charge < -0.3 is 5.32 Å². The van der Waals surface area contributed by atoms with Crippen molar-refractivity contribution in [2.24, 2.45) is 0 Å². The molecule has 1 heterocycles. The number of hydrogen-bond acceptors (Lipinski definition) is 4. The quantitative estimate of drug-likeness (QED) is 0.495. The van der Waals surface area contributed by atoms with Crippen molar-refractivity contribution < 1.29 is 9.72 Å². The van der Waals surface area contributed by atoms with Crippen LogP contribution in [0, 0.1) is 17.0 Å². The van der Waals surface area contributed by atoms with Gasteiger partial charge in [0.25, 0.3) is 5.69 Å². The summed E-state index contributed by atoms with van der Waals surface area (Å²) in [5.41, 5.74) is 2.87. The van der Waals surface area contributed by atoms with Crippen molar-refractivity contribution in [1.82, 2.24) is 15.1 Å². The Morgan fingerprint density at radius 2 is 2.24 bits per heavy atom. The summed E-state index contributed by atoms with van der Waals surface area (Å²) in [5.74, 6) is -0.0980. The fourth-order valence-electron chi connectivity index (χ4n) is 3.25. The van der Waals surface area contributed by atoms with Gasteiger partial charge in [-0.2, -0.15) is 5.10 Å². The van der Waals surface area contributed by atoms with Crippen molar-refractivity contribution in [2.75, 3.05) is 6.54 Å². The van der Waals surface area contributed by atoms with Crippen LogP contribution in [0.2, 0.25) is 0 Å². The van der Waals surface area contributed by atoms with Crippen molar-refractivity contribution in [3.63, 3.8) is 0 Å². The fourth-order valence-corrected chi connectivity index (χ4v) is 3.25. The van der Waals surface area contributed by atoms with Crippen molar-refractivity contribution in [2.45, 2.75) is 45.6 Å². The number of fused-ring (bicyclic) bond motifs is 1. The van der Waals surface area contributed by atoms with E-state index in [0.29, 0.717) is 17.6 Å². The van der Waals surface area contributed by atoms with Gasteiger partial charge in [0, 0.05) is 24.1 Å². The summed E-state index contributed by atoms with van der Waals surface area (Å²) < 4.78 is 1.60. The average molecular weight is 342 g/mol. The maximum absolute atomic E-state index is 12.2. The van der Waals surface area contributed by atoms with Gasteiger partial charge in [-0.15, -0.1) is 0 Å². The molecule has 1 aliphatic rings. The van der Waals surface area contributed by atoms with Gasteiger partial charge in [-0.05, 0) is 45.1 Å². The van der Waals surface area contributed by atoms with E-state index in [1.165, 1.54) is 30.5 Å². The lowest BCUT2D eigenvalue weighted by Crippen LogP contribution is -2.29. The maximum Gasteiger partial charge on any atom is 0.270 e. The first-order chi connectivity index (χ1) is 12.0. The molecule has 1 aromatic carbocycles. The van der Waals surface area contributed by atoms with Crippen LogP contribution in [0.25, 0.3) is 10.9 Å². The van der Waals surface area contributed by atoms with E-state index >= 15 is 0 Å². The molecule has 0 aliphatic heterocycles. The summed E-state index contributed by atoms with van der Waals surface area (Å²) in [4.78, 5) is 22.7. The maximum atomic E-state index is 12.2. The Morgan fingerprint density at radius 3 is 2.96 bits per heavy atom. The first-order valence-electron chi connectivity index (χ1n) is 8.61. The van der Waals surface area contributed by atoms with Gasteiger partial charge in [-0.1, -0.05) is 11.6 Å². The van der Waals surface area contributed by atoms with Crippen molar-refractivity contribution in [1.29, 1.82) is 0 Å². The summed E-state index contributed by atoms with van der Waals surface area (Å²) in [6, 6.07) is 4.59. The van der Waals surface area contributed by atoms with E-state index in [2.05, 4.69) is 16.5 Å². The number of nitrogens with one attached hydrogen (secondary N) is 1. The molecule has 0 radical (unpaired) electrons. The number of nitrogens with zero attached hydrogens (tertiary/aromatic N) is 3. The number of carbonyl (C=O) groups is 1. The second-order valence-corrected chi connectivity index (χ2v) is 6.41. The highest BCUT2D eigenvalue weighted by Gasteiger charge is 2.14. The highest BCUT2D eigenvalue weighted by Crippen LogP contribution is 2.23. The van der Waals surface area contributed by atoms with Crippen LogP contribution in [-0.2, 0) is 11.3 Å². The first kappa shape index (κ1) is 17.1. The van der Waals surface area contributed by atoms with E-state index in [1.807, 2.05) is 0 Å². The number of amides is 1. The zero-order valence-electron chi connectivity index (χ0n) is 14.3. The second-order valence-electron chi connectivity index (χ2n) is 6.41. The first-order valence-corrected chi connectivity index (χ1v) is 8.61. The van der Waals surface area contributed by atoms with Crippen LogP contribution in [0.4, 0.5) is 5.69 Å². The predicted molar refractivity (Wildman–Crippen MR) is 95.3 cm³/mol. The normalized spacial score (nSPS) is 14.4. The van der Waals surface area contributed by atoms with Crippen LogP contribution < -0.4 is 5.32 Å². The van der Waals surface area contributed by atoms with E-state index in [1.54, 1.807) is 17.7 Å². The highest BCUT2D eigenvalue weighted by atomic mass is 16.6. The molecular weight excluding hydrogens is 320 g/mol. The number of benzene rings is 1. The van der Waals surface area contributed by atoms with Gasteiger partial charge in [0.1, 0.15) is 6.54 Å². The van der Waals surface area contributed by atoms with Gasteiger partial charge in [0.05, 0.1) is 16.1 Å². The van der Waals surface area contributed by atoms with Crippen LogP contribution in [0.3, 0.4) is 0 Å². The Bertz CT molecular complexity index is 838. The summed E-state index contributed by atoms with van der Waals surface area (Å²) in [5, 5.41) is 18.9. The number of nitro benzene ring substituents is 1. The highest BCUT2D eigenvalue weighted by molar-refractivity contribution is 5.86. The van der Waals surface area contributed by atoms with E-state index < -0.39 is 4.92 Å². The third kappa shape index (κ3) is 4.04. The molecule has 0 unspecified atom stereocenters. The number of rotatable bonds is 6. The molecule has 1 aliphatic carbocycles. The van der Waals surface area contributed by atoms with E-state index in [9.17, 15) is 14.9 Å². The molecule has 2 aromatic rings. The minimum Gasteiger partial charge on any atom is -0.354 e. The molecule has 1 amide bonds. The third-order valence-electron chi connectivity index (χ3n) is 4.58. The standard InChI is InChI=1S/C18H22N4O3/c1-13-16-11-15(22(24)25)7-8-17(16)21(20-13)12-18(23)19-10-9-14-5-3-2-4-6-14/h5,7-8,11H,2-4,6,9-10,12H2,1H3,(H,19,23). The van der Waals surface area contributed by atoms with Crippen molar-refractivity contribution >= 4 is 22.5 Å². The molecule has 0 fully saturated rings. The minimum absolute atomic E-state index is 0.0281. The van der Waals surface area contributed by atoms with Gasteiger partial charge in [-0.3, -0.25) is 19.6 Å². The van der Waals surface area contributed by atoms with Gasteiger partial charge in [-0.25, -0.2) is 0 Å². The Morgan fingerprint density at radius 1 is 1.40 bits per heavy atom. The molecule has 3 rings (SSSR count). The Hall–Kier alpha value is -2.70. The van der Waals surface area contributed by atoms with Crippen molar-refractivity contribution in [3.05, 3.63) is 45.7 Å².